The molecular weight excluding hydrogens is 250 g/mol. The van der Waals surface area contributed by atoms with Gasteiger partial charge in [0.15, 0.2) is 0 Å². The number of primary sulfonamides is 1. The molecule has 1 aliphatic carbocycles. The zero-order chi connectivity index (χ0) is 13.3. The monoisotopic (exact) mass is 269 g/mol. The second-order valence-electron chi connectivity index (χ2n) is 4.87. The predicted octanol–water partition coefficient (Wildman–Crippen LogP) is 1.52. The van der Waals surface area contributed by atoms with Crippen molar-refractivity contribution in [2.45, 2.75) is 37.1 Å². The average molecular weight is 269 g/mol. The summed E-state index contributed by atoms with van der Waals surface area (Å²) in [7, 11) is -3.71. The Bertz CT molecular complexity index is 542. The van der Waals surface area contributed by atoms with E-state index in [1.165, 1.54) is 25.0 Å². The van der Waals surface area contributed by atoms with Gasteiger partial charge in [0.25, 0.3) is 0 Å². The smallest absolute Gasteiger partial charge is 0.238 e. The van der Waals surface area contributed by atoms with E-state index in [-0.39, 0.29) is 4.90 Å². The molecule has 2 unspecified atom stereocenters. The summed E-state index contributed by atoms with van der Waals surface area (Å²) in [4.78, 5) is 0.0534. The van der Waals surface area contributed by atoms with Crippen molar-refractivity contribution in [3.8, 4) is 0 Å². The molecule has 2 atom stereocenters. The zero-order valence-electron chi connectivity index (χ0n) is 10.4. The molecule has 1 saturated carbocycles. The van der Waals surface area contributed by atoms with Crippen molar-refractivity contribution in [3.05, 3.63) is 18.2 Å². The minimum Gasteiger partial charge on any atom is -0.399 e. The van der Waals surface area contributed by atoms with Crippen LogP contribution in [0.4, 0.5) is 11.4 Å². The van der Waals surface area contributed by atoms with Crippen LogP contribution in [0.5, 0.6) is 0 Å². The first kappa shape index (κ1) is 13.2. The highest BCUT2D eigenvalue weighted by Gasteiger charge is 2.35. The molecule has 0 saturated heterocycles. The molecule has 18 heavy (non-hydrogen) atoms. The van der Waals surface area contributed by atoms with Gasteiger partial charge in [-0.05, 0) is 37.0 Å². The van der Waals surface area contributed by atoms with Gasteiger partial charge in [-0.25, -0.2) is 13.6 Å². The Labute approximate surface area is 108 Å². The molecular formula is C12H19N3O2S. The van der Waals surface area contributed by atoms with Crippen molar-refractivity contribution >= 4 is 21.4 Å². The van der Waals surface area contributed by atoms with Crippen LogP contribution in [0.25, 0.3) is 0 Å². The second-order valence-corrected chi connectivity index (χ2v) is 6.43. The highest BCUT2D eigenvalue weighted by molar-refractivity contribution is 7.89. The van der Waals surface area contributed by atoms with Crippen LogP contribution in [-0.2, 0) is 10.0 Å². The number of nitrogen functional groups attached to an aromatic ring is 1. The third-order valence-corrected chi connectivity index (χ3v) is 4.08. The summed E-state index contributed by atoms with van der Waals surface area (Å²) in [6, 6.07) is 5.07. The SMILES string of the molecule is CCCC1CC1Nc1cc(N)cc(S(N)(=O)=O)c1. The van der Waals surface area contributed by atoms with Gasteiger partial charge in [-0.3, -0.25) is 0 Å². The fourth-order valence-electron chi connectivity index (χ4n) is 2.20. The Morgan fingerprint density at radius 2 is 2.11 bits per heavy atom. The fraction of sp³-hybridized carbons (Fsp3) is 0.500. The summed E-state index contributed by atoms with van der Waals surface area (Å²) in [6.07, 6.45) is 3.50. The minimum absolute atomic E-state index is 0.0534. The Morgan fingerprint density at radius 1 is 1.39 bits per heavy atom. The molecule has 0 aromatic heterocycles. The molecule has 0 amide bonds. The van der Waals surface area contributed by atoms with Gasteiger partial charge in [0, 0.05) is 17.4 Å². The van der Waals surface area contributed by atoms with Crippen LogP contribution in [0, 0.1) is 5.92 Å². The van der Waals surface area contributed by atoms with Crippen molar-refractivity contribution in [1.29, 1.82) is 0 Å². The zero-order valence-corrected chi connectivity index (χ0v) is 11.2. The summed E-state index contributed by atoms with van der Waals surface area (Å²) < 4.78 is 22.6. The first-order chi connectivity index (χ1) is 8.40. The third-order valence-electron chi connectivity index (χ3n) is 3.19. The number of nitrogens with two attached hydrogens (primary N) is 2. The molecule has 2 rings (SSSR count). The number of anilines is 2. The van der Waals surface area contributed by atoms with Crippen LogP contribution in [0.1, 0.15) is 26.2 Å². The number of sulfonamides is 1. The van der Waals surface area contributed by atoms with Crippen LogP contribution in [0.15, 0.2) is 23.1 Å². The maximum atomic E-state index is 11.3. The maximum absolute atomic E-state index is 11.3. The Hall–Kier alpha value is -1.27. The molecule has 1 fully saturated rings. The maximum Gasteiger partial charge on any atom is 0.238 e. The quantitative estimate of drug-likeness (QED) is 0.706. The molecule has 0 spiro atoms. The lowest BCUT2D eigenvalue weighted by atomic mass is 10.2. The van der Waals surface area contributed by atoms with Gasteiger partial charge >= 0.3 is 0 Å². The van der Waals surface area contributed by atoms with E-state index in [4.69, 9.17) is 10.9 Å². The molecule has 0 aliphatic heterocycles. The first-order valence-electron chi connectivity index (χ1n) is 6.10. The number of benzene rings is 1. The van der Waals surface area contributed by atoms with Crippen molar-refractivity contribution in [2.24, 2.45) is 11.1 Å². The standard InChI is InChI=1S/C12H19N3O2S/c1-2-3-8-4-12(8)15-10-5-9(13)6-11(7-10)18(14,16)17/h5-8,12,15H,2-4,13H2,1H3,(H2,14,16,17). The first-order valence-corrected chi connectivity index (χ1v) is 7.64. The van der Waals surface area contributed by atoms with Gasteiger partial charge in [-0.2, -0.15) is 0 Å². The van der Waals surface area contributed by atoms with E-state index in [0.717, 1.165) is 12.1 Å². The van der Waals surface area contributed by atoms with Crippen molar-refractivity contribution in [1.82, 2.24) is 0 Å². The second kappa shape index (κ2) is 4.78. The predicted molar refractivity (Wildman–Crippen MR) is 72.7 cm³/mol. The third kappa shape index (κ3) is 3.14. The fourth-order valence-corrected chi connectivity index (χ4v) is 2.79. The van der Waals surface area contributed by atoms with Gasteiger partial charge < -0.3 is 11.1 Å². The van der Waals surface area contributed by atoms with Crippen molar-refractivity contribution in [2.75, 3.05) is 11.1 Å². The molecule has 1 aliphatic rings. The molecule has 1 aromatic rings. The van der Waals surface area contributed by atoms with Crippen LogP contribution >= 0.6 is 0 Å². The average Bonchev–Trinajstić information content (AvgIpc) is 2.94. The molecule has 5 nitrogen and oxygen atoms in total. The molecule has 0 radical (unpaired) electrons. The van der Waals surface area contributed by atoms with E-state index in [2.05, 4.69) is 12.2 Å². The van der Waals surface area contributed by atoms with E-state index in [9.17, 15) is 8.42 Å². The molecule has 6 heteroatoms. The van der Waals surface area contributed by atoms with Gasteiger partial charge in [-0.15, -0.1) is 0 Å². The normalized spacial score (nSPS) is 22.8. The summed E-state index contributed by atoms with van der Waals surface area (Å²) in [5.74, 6) is 0.689. The lowest BCUT2D eigenvalue weighted by Gasteiger charge is -2.09. The number of hydrogen-bond donors (Lipinski definition) is 3. The van der Waals surface area contributed by atoms with Gasteiger partial charge in [0.2, 0.25) is 10.0 Å². The van der Waals surface area contributed by atoms with Crippen molar-refractivity contribution in [3.63, 3.8) is 0 Å². The minimum atomic E-state index is -3.71. The number of hydrogen-bond acceptors (Lipinski definition) is 4. The summed E-state index contributed by atoms with van der Waals surface area (Å²) in [6.45, 7) is 2.16. The largest absolute Gasteiger partial charge is 0.399 e. The lowest BCUT2D eigenvalue weighted by Crippen LogP contribution is -2.13. The highest BCUT2D eigenvalue weighted by atomic mass is 32.2. The number of rotatable bonds is 5. The van der Waals surface area contributed by atoms with Gasteiger partial charge in [0.05, 0.1) is 4.90 Å². The highest BCUT2D eigenvalue weighted by Crippen LogP contribution is 2.37. The van der Waals surface area contributed by atoms with Crippen LogP contribution in [0.3, 0.4) is 0 Å². The van der Waals surface area contributed by atoms with E-state index in [1.54, 1.807) is 6.07 Å². The molecule has 1 aromatic carbocycles. The molecule has 0 bridgehead atoms. The summed E-state index contributed by atoms with van der Waals surface area (Å²) >= 11 is 0. The molecule has 0 heterocycles. The van der Waals surface area contributed by atoms with E-state index in [1.807, 2.05) is 0 Å². The number of nitrogens with one attached hydrogen (secondary N) is 1. The van der Waals surface area contributed by atoms with E-state index >= 15 is 0 Å². The van der Waals surface area contributed by atoms with E-state index in [0.29, 0.717) is 17.6 Å². The summed E-state index contributed by atoms with van der Waals surface area (Å²) in [5.41, 5.74) is 6.81. The van der Waals surface area contributed by atoms with Gasteiger partial charge in [-0.1, -0.05) is 13.3 Å². The lowest BCUT2D eigenvalue weighted by molar-refractivity contribution is 0.598. The van der Waals surface area contributed by atoms with Crippen LogP contribution in [0.2, 0.25) is 0 Å². The Kier molecular flexibility index (Phi) is 3.49. The molecule has 100 valence electrons. The van der Waals surface area contributed by atoms with Crippen LogP contribution < -0.4 is 16.2 Å². The van der Waals surface area contributed by atoms with Gasteiger partial charge in [0.1, 0.15) is 0 Å². The topological polar surface area (TPSA) is 98.2 Å². The molecule has 5 N–H and O–H groups in total. The Balaban J connectivity index is 2.12. The summed E-state index contributed by atoms with van der Waals surface area (Å²) in [5, 5.41) is 8.41. The Morgan fingerprint density at radius 3 is 2.72 bits per heavy atom. The van der Waals surface area contributed by atoms with Crippen molar-refractivity contribution < 1.29 is 8.42 Å². The van der Waals surface area contributed by atoms with Crippen LogP contribution in [-0.4, -0.2) is 14.5 Å². The van der Waals surface area contributed by atoms with E-state index < -0.39 is 10.0 Å².